The Morgan fingerprint density at radius 2 is 1.87 bits per heavy atom. The highest BCUT2D eigenvalue weighted by Gasteiger charge is 2.34. The van der Waals surface area contributed by atoms with Gasteiger partial charge in [-0.15, -0.1) is 0 Å². The van der Waals surface area contributed by atoms with Crippen LogP contribution in [0.3, 0.4) is 0 Å². The lowest BCUT2D eigenvalue weighted by Crippen LogP contribution is -2.27. The molecule has 1 N–H and O–H groups in total. The third-order valence-corrected chi connectivity index (χ3v) is 7.38. The van der Waals surface area contributed by atoms with Crippen molar-refractivity contribution < 1.29 is 32.7 Å². The zero-order valence-corrected chi connectivity index (χ0v) is 23.4. The molecule has 210 valence electrons. The fraction of sp³-hybridized carbons (Fsp3) is 0.500. The zero-order valence-electron chi connectivity index (χ0n) is 22.5. The van der Waals surface area contributed by atoms with Gasteiger partial charge in [-0.05, 0) is 46.2 Å². The molecule has 1 amide bonds. The normalized spacial score (nSPS) is 20.5. The second-order valence-electron chi connectivity index (χ2n) is 10.4. The van der Waals surface area contributed by atoms with Gasteiger partial charge >= 0.3 is 13.6 Å². The number of carbonyl (C=O) groups excluding carboxylic acids is 2. The van der Waals surface area contributed by atoms with E-state index in [1.807, 2.05) is 33.8 Å². The van der Waals surface area contributed by atoms with Crippen LogP contribution in [0.4, 0.5) is 5.82 Å². The van der Waals surface area contributed by atoms with Crippen molar-refractivity contribution in [2.45, 2.75) is 58.8 Å². The first-order valence-electron chi connectivity index (χ1n) is 12.8. The van der Waals surface area contributed by atoms with Crippen LogP contribution < -0.4 is 5.32 Å². The Hall–Kier alpha value is -3.18. The molecule has 1 fully saturated rings. The number of hydrogen-bond donors (Lipinski definition) is 1. The molecule has 1 atom stereocenters. The first kappa shape index (κ1) is 28.8. The minimum atomic E-state index is -3.41. The van der Waals surface area contributed by atoms with E-state index in [-0.39, 0.29) is 49.9 Å². The lowest BCUT2D eigenvalue weighted by atomic mass is 10.1. The molecule has 3 heterocycles. The summed E-state index contributed by atoms with van der Waals surface area (Å²) >= 11 is 0. The van der Waals surface area contributed by atoms with Crippen molar-refractivity contribution in [1.29, 1.82) is 0 Å². The lowest BCUT2D eigenvalue weighted by molar-refractivity contribution is -0.155. The summed E-state index contributed by atoms with van der Waals surface area (Å²) in [5, 5.41) is 2.78. The Balaban J connectivity index is 1.26. The van der Waals surface area contributed by atoms with E-state index in [1.54, 1.807) is 35.2 Å². The lowest BCUT2D eigenvalue weighted by Gasteiger charge is -2.29. The van der Waals surface area contributed by atoms with Gasteiger partial charge < -0.3 is 28.4 Å². The summed E-state index contributed by atoms with van der Waals surface area (Å²) in [6.45, 7) is 8.09. The van der Waals surface area contributed by atoms with Gasteiger partial charge in [0.15, 0.2) is 17.0 Å². The Labute approximate surface area is 227 Å². The van der Waals surface area contributed by atoms with Crippen LogP contribution >= 0.6 is 7.60 Å². The molecule has 0 saturated carbocycles. The van der Waals surface area contributed by atoms with Gasteiger partial charge in [-0.25, -0.2) is 15.0 Å². The highest BCUT2D eigenvalue weighted by Crippen LogP contribution is 2.52. The fourth-order valence-corrected chi connectivity index (χ4v) is 5.44. The molecule has 12 nitrogen and oxygen atoms in total. The SMILES string of the molecule is C[C@H](Cn1cnc2c(NC(=O)c3ccccc3)ncnc21)OCP1(=O)OCC(CCC(=O)OC(C)(C)C)CO1. The predicted molar refractivity (Wildman–Crippen MR) is 143 cm³/mol. The summed E-state index contributed by atoms with van der Waals surface area (Å²) in [7, 11) is -3.41. The Kier molecular flexibility index (Phi) is 9.12. The number of fused-ring (bicyclic) bond motifs is 1. The number of anilines is 1. The first-order valence-corrected chi connectivity index (χ1v) is 14.5. The average Bonchev–Trinajstić information content (AvgIpc) is 3.30. The van der Waals surface area contributed by atoms with Crippen molar-refractivity contribution in [3.8, 4) is 0 Å². The minimum Gasteiger partial charge on any atom is -0.460 e. The van der Waals surface area contributed by atoms with Crippen LogP contribution in [0.5, 0.6) is 0 Å². The highest BCUT2D eigenvalue weighted by molar-refractivity contribution is 7.53. The molecule has 1 aliphatic heterocycles. The molecule has 0 spiro atoms. The van der Waals surface area contributed by atoms with Crippen LogP contribution in [0.25, 0.3) is 11.2 Å². The number of ether oxygens (including phenoxy) is 2. The summed E-state index contributed by atoms with van der Waals surface area (Å²) in [4.78, 5) is 37.3. The quantitative estimate of drug-likeness (QED) is 0.280. The van der Waals surface area contributed by atoms with E-state index in [4.69, 9.17) is 18.5 Å². The standard InChI is InChI=1S/C26H34N5O7P/c1-18(35-17-39(34)36-13-19(14-37-39)10-11-21(32)38-26(2,3)4)12-31-16-29-22-23(27-15-28-24(22)31)30-25(33)20-8-6-5-7-9-20/h5-9,15-16,18-19H,10-14,17H2,1-4H3,(H,27,28,30,33)/t18-,19?,39?/m1/s1. The van der Waals surface area contributed by atoms with Gasteiger partial charge in [0.05, 0.1) is 32.2 Å². The van der Waals surface area contributed by atoms with Gasteiger partial charge in [0, 0.05) is 17.9 Å². The van der Waals surface area contributed by atoms with Gasteiger partial charge in [-0.3, -0.25) is 14.2 Å². The summed E-state index contributed by atoms with van der Waals surface area (Å²) in [6, 6.07) is 8.81. The molecule has 0 bridgehead atoms. The molecule has 39 heavy (non-hydrogen) atoms. The predicted octanol–water partition coefficient (Wildman–Crippen LogP) is 4.42. The first-order chi connectivity index (χ1) is 18.5. The maximum Gasteiger partial charge on any atom is 0.356 e. The van der Waals surface area contributed by atoms with E-state index < -0.39 is 13.2 Å². The van der Waals surface area contributed by atoms with Gasteiger partial charge in [0.1, 0.15) is 18.3 Å². The summed E-state index contributed by atoms with van der Waals surface area (Å²) in [5.41, 5.74) is 0.936. The van der Waals surface area contributed by atoms with E-state index in [9.17, 15) is 14.2 Å². The number of rotatable bonds is 10. The van der Waals surface area contributed by atoms with Crippen LogP contribution in [-0.2, 0) is 34.4 Å². The number of esters is 1. The van der Waals surface area contributed by atoms with Crippen molar-refractivity contribution in [1.82, 2.24) is 19.5 Å². The Morgan fingerprint density at radius 3 is 2.56 bits per heavy atom. The molecule has 1 aliphatic rings. The second-order valence-corrected chi connectivity index (χ2v) is 12.4. The van der Waals surface area contributed by atoms with Crippen molar-refractivity contribution >= 4 is 36.5 Å². The van der Waals surface area contributed by atoms with Crippen LogP contribution in [0.2, 0.25) is 0 Å². The van der Waals surface area contributed by atoms with E-state index in [0.29, 0.717) is 35.5 Å². The number of amides is 1. The molecule has 4 rings (SSSR count). The van der Waals surface area contributed by atoms with Gasteiger partial charge in [0.2, 0.25) is 0 Å². The number of nitrogens with one attached hydrogen (secondary N) is 1. The van der Waals surface area contributed by atoms with Crippen LogP contribution in [0.1, 0.15) is 50.9 Å². The molecule has 0 radical (unpaired) electrons. The van der Waals surface area contributed by atoms with Crippen LogP contribution in [0, 0.1) is 5.92 Å². The third-order valence-electron chi connectivity index (χ3n) is 5.83. The summed E-state index contributed by atoms with van der Waals surface area (Å²) < 4.78 is 36.9. The number of benzene rings is 1. The highest BCUT2D eigenvalue weighted by atomic mass is 31.2. The van der Waals surface area contributed by atoms with Crippen molar-refractivity contribution in [2.75, 3.05) is 24.9 Å². The van der Waals surface area contributed by atoms with Crippen molar-refractivity contribution in [3.63, 3.8) is 0 Å². The Bertz CT molecular complexity index is 1330. The number of hydrogen-bond acceptors (Lipinski definition) is 10. The number of carbonyl (C=O) groups is 2. The minimum absolute atomic E-state index is 0.0504. The molecule has 1 saturated heterocycles. The smallest absolute Gasteiger partial charge is 0.356 e. The molecule has 13 heteroatoms. The molecule has 0 unspecified atom stereocenters. The zero-order chi connectivity index (χ0) is 28.0. The van der Waals surface area contributed by atoms with Gasteiger partial charge in [-0.1, -0.05) is 18.2 Å². The maximum atomic E-state index is 12.9. The van der Waals surface area contributed by atoms with E-state index in [1.165, 1.54) is 6.33 Å². The third kappa shape index (κ3) is 8.15. The molecule has 2 aromatic heterocycles. The van der Waals surface area contributed by atoms with Crippen molar-refractivity contribution in [2.24, 2.45) is 5.92 Å². The maximum absolute atomic E-state index is 12.9. The van der Waals surface area contributed by atoms with E-state index >= 15 is 0 Å². The van der Waals surface area contributed by atoms with Gasteiger partial charge in [0.25, 0.3) is 5.91 Å². The van der Waals surface area contributed by atoms with E-state index in [2.05, 4.69) is 20.3 Å². The van der Waals surface area contributed by atoms with E-state index in [0.717, 1.165) is 0 Å². The topological polar surface area (TPSA) is 144 Å². The largest absolute Gasteiger partial charge is 0.460 e. The monoisotopic (exact) mass is 559 g/mol. The van der Waals surface area contributed by atoms with Gasteiger partial charge in [-0.2, -0.15) is 0 Å². The molecule has 0 aliphatic carbocycles. The number of imidazole rings is 1. The summed E-state index contributed by atoms with van der Waals surface area (Å²) in [5.74, 6) is -0.330. The molecule has 1 aromatic carbocycles. The van der Waals surface area contributed by atoms with Crippen LogP contribution in [0.15, 0.2) is 43.0 Å². The fourth-order valence-electron chi connectivity index (χ4n) is 3.90. The van der Waals surface area contributed by atoms with Crippen molar-refractivity contribution in [3.05, 3.63) is 48.5 Å². The molecule has 3 aromatic rings. The molecular formula is C26H34N5O7P. The molecular weight excluding hydrogens is 525 g/mol. The summed E-state index contributed by atoms with van der Waals surface area (Å²) in [6.07, 6.45) is 3.13. The second kappa shape index (κ2) is 12.3. The Morgan fingerprint density at radius 1 is 1.15 bits per heavy atom. The number of aromatic nitrogens is 4. The number of nitrogens with zero attached hydrogens (tertiary/aromatic N) is 4. The average molecular weight is 560 g/mol. The van der Waals surface area contributed by atoms with Crippen LogP contribution in [-0.4, -0.2) is 62.7 Å².